The summed E-state index contributed by atoms with van der Waals surface area (Å²) < 4.78 is 5.02. The molecule has 0 radical (unpaired) electrons. The summed E-state index contributed by atoms with van der Waals surface area (Å²) in [5, 5.41) is 0.565. The molecule has 0 spiro atoms. The van der Waals surface area contributed by atoms with Gasteiger partial charge in [-0.2, -0.15) is 0 Å². The highest BCUT2D eigenvalue weighted by atomic mass is 35.5. The quantitative estimate of drug-likeness (QED) is 0.602. The fraction of sp³-hybridized carbons (Fsp3) is 0.250. The van der Waals surface area contributed by atoms with E-state index >= 15 is 0 Å². The molecular formula is C20H17ClO4. The molecule has 2 aromatic carbocycles. The van der Waals surface area contributed by atoms with Gasteiger partial charge in [0.2, 0.25) is 0 Å². The molecule has 0 fully saturated rings. The van der Waals surface area contributed by atoms with Crippen molar-refractivity contribution in [3.63, 3.8) is 0 Å². The monoisotopic (exact) mass is 356 g/mol. The van der Waals surface area contributed by atoms with Gasteiger partial charge in [0.1, 0.15) is 5.41 Å². The second-order valence-corrected chi connectivity index (χ2v) is 6.51. The van der Waals surface area contributed by atoms with Crippen LogP contribution in [0.5, 0.6) is 0 Å². The van der Waals surface area contributed by atoms with Crippen LogP contribution in [0.2, 0.25) is 5.02 Å². The van der Waals surface area contributed by atoms with Gasteiger partial charge in [-0.25, -0.2) is 0 Å². The van der Waals surface area contributed by atoms with Crippen LogP contribution in [0.1, 0.15) is 39.6 Å². The normalized spacial score (nSPS) is 15.1. The molecule has 1 aliphatic carbocycles. The zero-order valence-corrected chi connectivity index (χ0v) is 14.5. The molecule has 0 bridgehead atoms. The molecule has 0 N–H and O–H groups in total. The van der Waals surface area contributed by atoms with Crippen molar-refractivity contribution in [2.75, 3.05) is 6.61 Å². The SMILES string of the molecule is CCOC(=O)CC1(Cc2ccc(Cl)cc2)C(=O)c2ccccc2C1=O. The number of halogens is 1. The number of carbonyl (C=O) groups is 3. The van der Waals surface area contributed by atoms with Gasteiger partial charge >= 0.3 is 5.97 Å². The molecule has 0 saturated carbocycles. The molecule has 2 aromatic rings. The lowest BCUT2D eigenvalue weighted by molar-refractivity contribution is -0.144. The molecule has 5 heteroatoms. The first kappa shape index (κ1) is 17.4. The number of ether oxygens (including phenoxy) is 1. The van der Waals surface area contributed by atoms with Gasteiger partial charge in [-0.1, -0.05) is 48.0 Å². The molecule has 25 heavy (non-hydrogen) atoms. The first-order chi connectivity index (χ1) is 12.0. The maximum Gasteiger partial charge on any atom is 0.307 e. The van der Waals surface area contributed by atoms with Gasteiger partial charge < -0.3 is 4.74 Å². The van der Waals surface area contributed by atoms with E-state index in [0.29, 0.717) is 16.1 Å². The third-order valence-electron chi connectivity index (χ3n) is 4.46. The van der Waals surface area contributed by atoms with Gasteiger partial charge in [0.25, 0.3) is 0 Å². The third kappa shape index (κ3) is 3.10. The summed E-state index contributed by atoms with van der Waals surface area (Å²) >= 11 is 5.91. The van der Waals surface area contributed by atoms with Crippen LogP contribution in [0.4, 0.5) is 0 Å². The van der Waals surface area contributed by atoms with E-state index in [1.54, 1.807) is 55.5 Å². The Morgan fingerprint density at radius 2 is 1.56 bits per heavy atom. The summed E-state index contributed by atoms with van der Waals surface area (Å²) in [6.07, 6.45) is -0.134. The highest BCUT2D eigenvalue weighted by Gasteiger charge is 2.54. The van der Waals surface area contributed by atoms with Crippen molar-refractivity contribution >= 4 is 29.1 Å². The Morgan fingerprint density at radius 3 is 2.08 bits per heavy atom. The maximum atomic E-state index is 13.1. The zero-order valence-electron chi connectivity index (χ0n) is 13.8. The third-order valence-corrected chi connectivity index (χ3v) is 4.71. The highest BCUT2D eigenvalue weighted by Crippen LogP contribution is 2.42. The van der Waals surface area contributed by atoms with Crippen LogP contribution in [0.3, 0.4) is 0 Å². The Kier molecular flexibility index (Phi) is 4.73. The first-order valence-corrected chi connectivity index (χ1v) is 8.44. The predicted molar refractivity (Wildman–Crippen MR) is 93.9 cm³/mol. The Bertz CT molecular complexity index is 804. The van der Waals surface area contributed by atoms with E-state index in [9.17, 15) is 14.4 Å². The molecule has 3 rings (SSSR count). The standard InChI is InChI=1S/C20H17ClO4/c1-2-25-17(22)12-20(11-13-7-9-14(21)10-8-13)18(23)15-5-3-4-6-16(15)19(20)24/h3-10H,2,11-12H2,1H3. The van der Waals surface area contributed by atoms with Crippen LogP contribution in [-0.4, -0.2) is 24.1 Å². The van der Waals surface area contributed by atoms with Gasteiger partial charge in [0, 0.05) is 16.1 Å². The minimum absolute atomic E-state index is 0.134. The Morgan fingerprint density at radius 1 is 1.00 bits per heavy atom. The number of fused-ring (bicyclic) bond motifs is 1. The largest absolute Gasteiger partial charge is 0.466 e. The number of benzene rings is 2. The van der Waals surface area contributed by atoms with Crippen molar-refractivity contribution in [3.05, 3.63) is 70.2 Å². The number of rotatable bonds is 5. The molecule has 1 aliphatic rings. The number of ketones is 2. The Hall–Kier alpha value is -2.46. The molecule has 0 aliphatic heterocycles. The van der Waals surface area contributed by atoms with Gasteiger partial charge in [0.05, 0.1) is 13.0 Å². The lowest BCUT2D eigenvalue weighted by Crippen LogP contribution is -2.38. The van der Waals surface area contributed by atoms with Crippen LogP contribution in [0.25, 0.3) is 0 Å². The molecule has 0 unspecified atom stereocenters. The molecule has 128 valence electrons. The molecule has 0 atom stereocenters. The number of esters is 1. The molecule has 0 amide bonds. The van der Waals surface area contributed by atoms with Crippen molar-refractivity contribution in [1.82, 2.24) is 0 Å². The molecule has 0 aromatic heterocycles. The minimum Gasteiger partial charge on any atom is -0.466 e. The first-order valence-electron chi connectivity index (χ1n) is 8.06. The van der Waals surface area contributed by atoms with Crippen molar-refractivity contribution in [1.29, 1.82) is 0 Å². The summed E-state index contributed by atoms with van der Waals surface area (Å²) in [5.41, 5.74) is 0.0452. The second kappa shape index (κ2) is 6.81. The fourth-order valence-electron chi connectivity index (χ4n) is 3.29. The van der Waals surface area contributed by atoms with Crippen molar-refractivity contribution in [2.45, 2.75) is 19.8 Å². The second-order valence-electron chi connectivity index (χ2n) is 6.07. The summed E-state index contributed by atoms with van der Waals surface area (Å²) in [5.74, 6) is -1.20. The minimum atomic E-state index is -1.45. The maximum absolute atomic E-state index is 13.1. The molecule has 0 heterocycles. The van der Waals surface area contributed by atoms with E-state index in [2.05, 4.69) is 0 Å². The molecular weight excluding hydrogens is 340 g/mol. The van der Waals surface area contributed by atoms with Gasteiger partial charge in [-0.15, -0.1) is 0 Å². The van der Waals surface area contributed by atoms with Crippen LogP contribution < -0.4 is 0 Å². The van der Waals surface area contributed by atoms with Crippen molar-refractivity contribution in [3.8, 4) is 0 Å². The topological polar surface area (TPSA) is 60.4 Å². The summed E-state index contributed by atoms with van der Waals surface area (Å²) in [6, 6.07) is 13.6. The zero-order chi connectivity index (χ0) is 18.0. The summed E-state index contributed by atoms with van der Waals surface area (Å²) in [4.78, 5) is 38.3. The van der Waals surface area contributed by atoms with E-state index in [4.69, 9.17) is 16.3 Å². The van der Waals surface area contributed by atoms with E-state index < -0.39 is 11.4 Å². The van der Waals surface area contributed by atoms with E-state index in [-0.39, 0.29) is 31.0 Å². The smallest absolute Gasteiger partial charge is 0.307 e. The average Bonchev–Trinajstić information content (AvgIpc) is 2.80. The van der Waals surface area contributed by atoms with Gasteiger partial charge in [-0.3, -0.25) is 14.4 Å². The highest BCUT2D eigenvalue weighted by molar-refractivity contribution is 6.31. The Balaban J connectivity index is 2.04. The summed E-state index contributed by atoms with van der Waals surface area (Å²) in [6.45, 7) is 1.89. The number of hydrogen-bond acceptors (Lipinski definition) is 4. The van der Waals surface area contributed by atoms with Crippen molar-refractivity contribution < 1.29 is 19.1 Å². The van der Waals surface area contributed by atoms with Crippen LogP contribution in [0.15, 0.2) is 48.5 Å². The van der Waals surface area contributed by atoms with Crippen LogP contribution in [0, 0.1) is 5.41 Å². The van der Waals surface area contributed by atoms with E-state index in [1.165, 1.54) is 0 Å². The van der Waals surface area contributed by atoms with Crippen LogP contribution in [-0.2, 0) is 16.0 Å². The number of Topliss-reactive ketones (excluding diaryl/α,β-unsaturated/α-hetero) is 2. The van der Waals surface area contributed by atoms with Crippen LogP contribution >= 0.6 is 11.6 Å². The number of carbonyl (C=O) groups excluding carboxylic acids is 3. The molecule has 0 saturated heterocycles. The van der Waals surface area contributed by atoms with Crippen molar-refractivity contribution in [2.24, 2.45) is 5.41 Å². The summed E-state index contributed by atoms with van der Waals surface area (Å²) in [7, 11) is 0. The lowest BCUT2D eigenvalue weighted by Gasteiger charge is -2.25. The van der Waals surface area contributed by atoms with Gasteiger partial charge in [0.15, 0.2) is 11.6 Å². The lowest BCUT2D eigenvalue weighted by atomic mass is 9.74. The Labute approximate surface area is 150 Å². The van der Waals surface area contributed by atoms with E-state index in [0.717, 1.165) is 5.56 Å². The fourth-order valence-corrected chi connectivity index (χ4v) is 3.42. The van der Waals surface area contributed by atoms with Gasteiger partial charge in [-0.05, 0) is 31.0 Å². The molecule has 4 nitrogen and oxygen atoms in total. The average molecular weight is 357 g/mol. The van der Waals surface area contributed by atoms with E-state index in [1.807, 2.05) is 0 Å². The number of hydrogen-bond donors (Lipinski definition) is 0. The predicted octanol–water partition coefficient (Wildman–Crippen LogP) is 3.90.